The molecule has 0 heterocycles. The molecule has 0 aliphatic carbocycles. The quantitative estimate of drug-likeness (QED) is 0.283. The summed E-state index contributed by atoms with van der Waals surface area (Å²) in [6.45, 7) is 0. The van der Waals surface area contributed by atoms with Crippen molar-refractivity contribution >= 4 is 274 Å². The Balaban J connectivity index is 0. The van der Waals surface area contributed by atoms with Gasteiger partial charge in [0.15, 0.2) is 0 Å². The third-order valence-electron chi connectivity index (χ3n) is 0. The Morgan fingerprint density at radius 3 is 0.333 bits per heavy atom. The SMILES string of the molecule is [P-3].[P-3].[S-2].[S-2].[Sr+2].[Sr+2].[Sr+2].[Sr+2].[Sr+2]. The van der Waals surface area contributed by atoms with Gasteiger partial charge in [0.2, 0.25) is 0 Å². The zero-order chi connectivity index (χ0) is 0. The fourth-order valence-electron chi connectivity index (χ4n) is 0. The van der Waals surface area contributed by atoms with E-state index in [2.05, 4.69) is 0 Å². The van der Waals surface area contributed by atoms with E-state index in [9.17, 15) is 0 Å². The maximum Gasteiger partial charge on any atom is 2.00 e. The topological polar surface area (TPSA) is 0 Å². The Morgan fingerprint density at radius 1 is 0.333 bits per heavy atom. The molecule has 0 N–H and O–H groups in total. The molecule has 0 bridgehead atoms. The summed E-state index contributed by atoms with van der Waals surface area (Å²) in [6.07, 6.45) is 0. The normalized spacial score (nSPS) is 0. The summed E-state index contributed by atoms with van der Waals surface area (Å²) >= 11 is 0. The van der Waals surface area contributed by atoms with E-state index in [0.29, 0.717) is 0 Å². The van der Waals surface area contributed by atoms with E-state index >= 15 is 0 Å². The molecule has 0 aromatic heterocycles. The van der Waals surface area contributed by atoms with Crippen molar-refractivity contribution in [3.8, 4) is 0 Å². The molecule has 0 unspecified atom stereocenters. The third kappa shape index (κ3) is 47.3. The van der Waals surface area contributed by atoms with Gasteiger partial charge in [-0.25, -0.2) is 0 Å². The first-order valence-corrected chi connectivity index (χ1v) is 0. The van der Waals surface area contributed by atoms with Crippen molar-refractivity contribution in [3.63, 3.8) is 0 Å². The predicted molar refractivity (Wildman–Crippen MR) is 57.3 cm³/mol. The first-order chi connectivity index (χ1) is 0. The molecular formula is P2S2Sr5. The van der Waals surface area contributed by atoms with Crippen LogP contribution in [0.5, 0.6) is 0 Å². The van der Waals surface area contributed by atoms with Crippen molar-refractivity contribution in [1.29, 1.82) is 0 Å². The van der Waals surface area contributed by atoms with Crippen molar-refractivity contribution < 1.29 is 0 Å². The molecule has 9 heteroatoms. The largest absolute Gasteiger partial charge is 3.00 e. The van der Waals surface area contributed by atoms with Gasteiger partial charge in [-0.2, -0.15) is 0 Å². The van der Waals surface area contributed by atoms with Crippen LogP contribution in [0.1, 0.15) is 0 Å². The molecule has 0 rings (SSSR count). The summed E-state index contributed by atoms with van der Waals surface area (Å²) in [5.74, 6) is 0. The van der Waals surface area contributed by atoms with Crippen LogP contribution in [0.15, 0.2) is 0 Å². The van der Waals surface area contributed by atoms with Crippen LogP contribution in [-0.2, 0) is 27.0 Å². The van der Waals surface area contributed by atoms with Gasteiger partial charge in [-0.1, -0.05) is 0 Å². The molecule has 32 valence electrons. The second-order valence-electron chi connectivity index (χ2n) is 0. The van der Waals surface area contributed by atoms with E-state index in [4.69, 9.17) is 0 Å². The fourth-order valence-corrected chi connectivity index (χ4v) is 0. The predicted octanol–water partition coefficient (Wildman–Crippen LogP) is -0.186. The number of hydrogen-bond acceptors (Lipinski definition) is 0. The summed E-state index contributed by atoms with van der Waals surface area (Å²) < 4.78 is 0. The number of hydrogen-bond donors (Lipinski definition) is 0. The summed E-state index contributed by atoms with van der Waals surface area (Å²) in [5.41, 5.74) is 0. The monoisotopic (exact) mass is 565 g/mol. The van der Waals surface area contributed by atoms with E-state index in [1.165, 1.54) is 0 Å². The molecule has 0 aromatic rings. The van der Waals surface area contributed by atoms with Gasteiger partial charge in [0.25, 0.3) is 0 Å². The van der Waals surface area contributed by atoms with Crippen LogP contribution in [0.25, 0.3) is 0 Å². The van der Waals surface area contributed by atoms with Gasteiger partial charge in [0, 0.05) is 0 Å². The van der Waals surface area contributed by atoms with E-state index in [-0.39, 0.29) is 274 Å². The minimum Gasteiger partial charge on any atom is -3.00 e. The van der Waals surface area contributed by atoms with Crippen LogP contribution < -0.4 is 0 Å². The second kappa shape index (κ2) is 53.8. The summed E-state index contributed by atoms with van der Waals surface area (Å²) in [4.78, 5) is 0. The number of rotatable bonds is 0. The molecule has 0 amide bonds. The Bertz CT molecular complexity index is 12.9. The summed E-state index contributed by atoms with van der Waals surface area (Å²) in [6, 6.07) is 0. The van der Waals surface area contributed by atoms with E-state index in [1.807, 2.05) is 0 Å². The second-order valence-corrected chi connectivity index (χ2v) is 0. The Morgan fingerprint density at radius 2 is 0.333 bits per heavy atom. The van der Waals surface area contributed by atoms with Gasteiger partial charge in [-0.15, -0.1) is 0 Å². The van der Waals surface area contributed by atoms with Crippen LogP contribution in [0.3, 0.4) is 0 Å². The van der Waals surface area contributed by atoms with Crippen molar-refractivity contribution in [2.24, 2.45) is 0 Å². The summed E-state index contributed by atoms with van der Waals surface area (Å²) in [5, 5.41) is 0. The zero-order valence-corrected chi connectivity index (χ0v) is 26.0. The van der Waals surface area contributed by atoms with Crippen LogP contribution in [0, 0.1) is 0 Å². The van der Waals surface area contributed by atoms with Gasteiger partial charge in [0.1, 0.15) is 0 Å². The molecule has 0 aromatic carbocycles. The molecular weight excluding hydrogens is 564 g/mol. The van der Waals surface area contributed by atoms with Gasteiger partial charge in [-0.05, 0) is 0 Å². The molecule has 0 atom stereocenters. The first kappa shape index (κ1) is 64.3. The van der Waals surface area contributed by atoms with Gasteiger partial charge < -0.3 is 46.8 Å². The van der Waals surface area contributed by atoms with Crippen molar-refractivity contribution in [1.82, 2.24) is 0 Å². The van der Waals surface area contributed by atoms with Crippen molar-refractivity contribution in [2.45, 2.75) is 0 Å². The van der Waals surface area contributed by atoms with Crippen LogP contribution in [0.2, 0.25) is 0 Å². The Labute approximate surface area is 264 Å². The molecule has 0 saturated carbocycles. The standard InChI is InChI=1S/2P.2S.5Sr/q2*-3;2*-2;5*+2. The maximum absolute atomic E-state index is 0. The zero-order valence-electron chi connectivity index (χ0n) is 5.25. The first-order valence-electron chi connectivity index (χ1n) is 0. The van der Waals surface area contributed by atoms with E-state index in [1.54, 1.807) is 0 Å². The average molecular weight is 564 g/mol. The van der Waals surface area contributed by atoms with Crippen LogP contribution in [-0.4, -0.2) is 227 Å². The minimum absolute atomic E-state index is 0. The molecule has 9 heavy (non-hydrogen) atoms. The third-order valence-corrected chi connectivity index (χ3v) is 0. The molecule has 0 saturated heterocycles. The van der Waals surface area contributed by atoms with Crippen LogP contribution in [0.4, 0.5) is 0 Å². The molecule has 0 radical (unpaired) electrons. The smallest absolute Gasteiger partial charge is 2.00 e. The molecule has 0 nitrogen and oxygen atoms in total. The van der Waals surface area contributed by atoms with Crippen molar-refractivity contribution in [3.05, 3.63) is 0 Å². The molecule has 0 aliphatic heterocycles. The minimum atomic E-state index is 0. The molecule has 0 aliphatic rings. The Hall–Kier alpha value is 8.96. The van der Waals surface area contributed by atoms with E-state index in [0.717, 1.165) is 0 Å². The maximum atomic E-state index is 0. The van der Waals surface area contributed by atoms with Gasteiger partial charge in [-0.3, -0.25) is 0 Å². The summed E-state index contributed by atoms with van der Waals surface area (Å²) in [7, 11) is 0. The Kier molecular flexibility index (Phi) is 385. The van der Waals surface area contributed by atoms with Crippen LogP contribution >= 0.6 is 19.8 Å². The van der Waals surface area contributed by atoms with Gasteiger partial charge >= 0.3 is 227 Å². The fraction of sp³-hybridized carbons (Fsp3) is 0. The van der Waals surface area contributed by atoms with Crippen molar-refractivity contribution in [2.75, 3.05) is 0 Å². The van der Waals surface area contributed by atoms with Gasteiger partial charge in [0.05, 0.1) is 0 Å². The average Bonchev–Trinajstić information content (AvgIpc) is 0. The molecule has 0 spiro atoms. The molecule has 0 fully saturated rings. The van der Waals surface area contributed by atoms with E-state index < -0.39 is 0 Å².